The zero-order valence-electron chi connectivity index (χ0n) is 6.95. The normalized spacial score (nSPS) is 10.4. The zero-order valence-corrected chi connectivity index (χ0v) is 7.71. The molecule has 0 aliphatic heterocycles. The third-order valence-corrected chi connectivity index (χ3v) is 2.13. The largest absolute Gasteiger partial charge is 0.350 e. The first-order valence-corrected chi connectivity index (χ1v) is 4.24. The van der Waals surface area contributed by atoms with E-state index in [9.17, 15) is 9.70 Å². The van der Waals surface area contributed by atoms with Gasteiger partial charge in [-0.15, -0.1) is 4.91 Å². The predicted octanol–water partition coefficient (Wildman–Crippen LogP) is 2.73. The lowest BCUT2D eigenvalue weighted by molar-refractivity contribution is 0.0997. The smallest absolute Gasteiger partial charge is 0.332 e. The SMILES string of the molecule is O=NC(=O)c1cc2cc(Cl)ccc2[nH]1. The number of aromatic amines is 1. The van der Waals surface area contributed by atoms with Gasteiger partial charge in [-0.25, -0.2) is 0 Å². The summed E-state index contributed by atoms with van der Waals surface area (Å²) in [5, 5.41) is 3.68. The van der Waals surface area contributed by atoms with Crippen molar-refractivity contribution in [1.82, 2.24) is 4.98 Å². The fraction of sp³-hybridized carbons (Fsp3) is 0. The molecule has 1 N–H and O–H groups in total. The van der Waals surface area contributed by atoms with Crippen LogP contribution < -0.4 is 0 Å². The van der Waals surface area contributed by atoms with Crippen LogP contribution in [0.4, 0.5) is 0 Å². The second-order valence-corrected chi connectivity index (χ2v) is 3.25. The summed E-state index contributed by atoms with van der Waals surface area (Å²) in [5.41, 5.74) is 0.929. The number of rotatable bonds is 1. The quantitative estimate of drug-likeness (QED) is 0.733. The van der Waals surface area contributed by atoms with Gasteiger partial charge >= 0.3 is 5.91 Å². The highest BCUT2D eigenvalue weighted by molar-refractivity contribution is 6.31. The van der Waals surface area contributed by atoms with Crippen LogP contribution in [0.15, 0.2) is 29.4 Å². The molecule has 1 heterocycles. The number of nitrogens with zero attached hydrogens (tertiary/aromatic N) is 1. The van der Waals surface area contributed by atoms with E-state index in [0.717, 1.165) is 10.9 Å². The monoisotopic (exact) mass is 208 g/mol. The number of carbonyl (C=O) groups is 1. The number of carbonyl (C=O) groups excluding carboxylic acids is 1. The fourth-order valence-electron chi connectivity index (χ4n) is 1.27. The highest BCUT2D eigenvalue weighted by Gasteiger charge is 2.09. The molecule has 1 aromatic carbocycles. The summed E-state index contributed by atoms with van der Waals surface area (Å²) in [5.74, 6) is -0.808. The molecule has 2 aromatic rings. The van der Waals surface area contributed by atoms with Gasteiger partial charge in [-0.05, 0) is 24.3 Å². The van der Waals surface area contributed by atoms with Crippen molar-refractivity contribution in [1.29, 1.82) is 0 Å². The Labute approximate surface area is 83.8 Å². The van der Waals surface area contributed by atoms with E-state index in [1.165, 1.54) is 0 Å². The third kappa shape index (κ3) is 1.40. The van der Waals surface area contributed by atoms with Gasteiger partial charge in [-0.1, -0.05) is 11.6 Å². The van der Waals surface area contributed by atoms with Crippen LogP contribution in [0, 0.1) is 4.91 Å². The number of halogens is 1. The summed E-state index contributed by atoms with van der Waals surface area (Å²) in [6.07, 6.45) is 0. The van der Waals surface area contributed by atoms with Crippen molar-refractivity contribution < 1.29 is 4.79 Å². The van der Waals surface area contributed by atoms with Crippen LogP contribution >= 0.6 is 11.6 Å². The van der Waals surface area contributed by atoms with Gasteiger partial charge in [0.15, 0.2) is 0 Å². The van der Waals surface area contributed by atoms with E-state index in [4.69, 9.17) is 11.6 Å². The lowest BCUT2D eigenvalue weighted by Gasteiger charge is -1.88. The second-order valence-electron chi connectivity index (χ2n) is 2.81. The fourth-order valence-corrected chi connectivity index (χ4v) is 1.45. The highest BCUT2D eigenvalue weighted by atomic mass is 35.5. The maximum Gasteiger partial charge on any atom is 0.332 e. The van der Waals surface area contributed by atoms with Crippen LogP contribution in [0.3, 0.4) is 0 Å². The zero-order chi connectivity index (χ0) is 10.1. The van der Waals surface area contributed by atoms with Crippen LogP contribution in [0.1, 0.15) is 10.5 Å². The molecule has 0 saturated heterocycles. The Morgan fingerprint density at radius 2 is 2.14 bits per heavy atom. The van der Waals surface area contributed by atoms with E-state index in [2.05, 4.69) is 10.2 Å². The summed E-state index contributed by atoms with van der Waals surface area (Å²) in [4.78, 5) is 23.7. The van der Waals surface area contributed by atoms with E-state index >= 15 is 0 Å². The van der Waals surface area contributed by atoms with E-state index in [0.29, 0.717) is 5.02 Å². The molecule has 0 aliphatic rings. The lowest BCUT2D eigenvalue weighted by atomic mass is 10.2. The molecule has 0 fully saturated rings. The maximum absolute atomic E-state index is 10.9. The Balaban J connectivity index is 2.62. The number of benzene rings is 1. The molecule has 0 unspecified atom stereocenters. The molecular formula is C9H5ClN2O2. The minimum absolute atomic E-state index is 0.178. The Hall–Kier alpha value is -1.68. The van der Waals surface area contributed by atoms with Crippen LogP contribution in [0.5, 0.6) is 0 Å². The molecule has 5 heteroatoms. The number of H-pyrrole nitrogens is 1. The van der Waals surface area contributed by atoms with Crippen LogP contribution in [-0.4, -0.2) is 10.9 Å². The molecule has 0 radical (unpaired) electrons. The van der Waals surface area contributed by atoms with Crippen LogP contribution in [0.25, 0.3) is 10.9 Å². The molecule has 0 saturated carbocycles. The molecule has 70 valence electrons. The molecule has 0 bridgehead atoms. The summed E-state index contributed by atoms with van der Waals surface area (Å²) in [6, 6.07) is 6.68. The molecule has 0 spiro atoms. The van der Waals surface area contributed by atoms with Gasteiger partial charge in [0.1, 0.15) is 5.69 Å². The average Bonchev–Trinajstić information content (AvgIpc) is 2.59. The van der Waals surface area contributed by atoms with Gasteiger partial charge < -0.3 is 4.98 Å². The maximum atomic E-state index is 10.9. The summed E-state index contributed by atoms with van der Waals surface area (Å²) < 4.78 is 0. The van der Waals surface area contributed by atoms with Crippen LogP contribution in [-0.2, 0) is 0 Å². The first-order valence-electron chi connectivity index (χ1n) is 3.86. The van der Waals surface area contributed by atoms with Gasteiger partial charge in [-0.3, -0.25) is 4.79 Å². The number of nitroso groups, excluding NO2 is 1. The molecule has 0 aliphatic carbocycles. The second kappa shape index (κ2) is 3.23. The highest BCUT2D eigenvalue weighted by Crippen LogP contribution is 2.20. The minimum atomic E-state index is -0.808. The molecule has 14 heavy (non-hydrogen) atoms. The molecule has 1 aromatic heterocycles. The number of hydrogen-bond acceptors (Lipinski definition) is 2. The molecule has 0 atom stereocenters. The van der Waals surface area contributed by atoms with Crippen molar-refractivity contribution in [3.63, 3.8) is 0 Å². The van der Waals surface area contributed by atoms with Gasteiger partial charge in [0.05, 0.1) is 0 Å². The summed E-state index contributed by atoms with van der Waals surface area (Å²) in [7, 11) is 0. The topological polar surface area (TPSA) is 62.3 Å². The van der Waals surface area contributed by atoms with Gasteiger partial charge in [0, 0.05) is 21.1 Å². The number of amides is 1. The number of aromatic nitrogens is 1. The van der Waals surface area contributed by atoms with Crippen molar-refractivity contribution >= 4 is 28.4 Å². The van der Waals surface area contributed by atoms with E-state index < -0.39 is 5.91 Å². The Kier molecular flexibility index (Phi) is 2.05. The molecule has 1 amide bonds. The first-order chi connectivity index (χ1) is 6.70. The molecule has 4 nitrogen and oxygen atoms in total. The van der Waals surface area contributed by atoms with Gasteiger partial charge in [0.25, 0.3) is 0 Å². The molecule has 2 rings (SSSR count). The van der Waals surface area contributed by atoms with E-state index in [1.54, 1.807) is 24.3 Å². The number of fused-ring (bicyclic) bond motifs is 1. The van der Waals surface area contributed by atoms with Crippen molar-refractivity contribution in [2.45, 2.75) is 0 Å². The van der Waals surface area contributed by atoms with E-state index in [-0.39, 0.29) is 5.69 Å². The predicted molar refractivity (Wildman–Crippen MR) is 53.4 cm³/mol. The van der Waals surface area contributed by atoms with Crippen LogP contribution in [0.2, 0.25) is 5.02 Å². The van der Waals surface area contributed by atoms with Gasteiger partial charge in [-0.2, -0.15) is 0 Å². The Morgan fingerprint density at radius 1 is 1.36 bits per heavy atom. The number of hydrogen-bond donors (Lipinski definition) is 1. The van der Waals surface area contributed by atoms with E-state index in [1.807, 2.05) is 0 Å². The standard InChI is InChI=1S/C9H5ClN2O2/c10-6-1-2-7-5(3-6)4-8(11-7)9(13)12-14/h1-4,11H. The average molecular weight is 209 g/mol. The van der Waals surface area contributed by atoms with Gasteiger partial charge in [0.2, 0.25) is 0 Å². The number of nitrogens with one attached hydrogen (secondary N) is 1. The summed E-state index contributed by atoms with van der Waals surface area (Å²) >= 11 is 5.76. The molecular weight excluding hydrogens is 204 g/mol. The van der Waals surface area contributed by atoms with Crippen molar-refractivity contribution in [3.8, 4) is 0 Å². The van der Waals surface area contributed by atoms with Crippen molar-refractivity contribution in [2.24, 2.45) is 5.18 Å². The Morgan fingerprint density at radius 3 is 2.86 bits per heavy atom. The lowest BCUT2D eigenvalue weighted by Crippen LogP contribution is -1.91. The third-order valence-electron chi connectivity index (χ3n) is 1.90. The first kappa shape index (κ1) is 8.90. The minimum Gasteiger partial charge on any atom is -0.350 e. The van der Waals surface area contributed by atoms with Crippen molar-refractivity contribution in [3.05, 3.63) is 39.9 Å². The summed E-state index contributed by atoms with van der Waals surface area (Å²) in [6.45, 7) is 0. The van der Waals surface area contributed by atoms with Crippen molar-refractivity contribution in [2.75, 3.05) is 0 Å². The Bertz CT molecular complexity index is 519.